The van der Waals surface area contributed by atoms with Gasteiger partial charge in [0.1, 0.15) is 27.2 Å². The number of nitrogens with zero attached hydrogens (tertiary/aromatic N) is 3. The van der Waals surface area contributed by atoms with Gasteiger partial charge in [-0.1, -0.05) is 0 Å². The van der Waals surface area contributed by atoms with E-state index in [1.165, 1.54) is 23.2 Å². The lowest BCUT2D eigenvalue weighted by atomic mass is 10.1. The predicted molar refractivity (Wildman–Crippen MR) is 114 cm³/mol. The van der Waals surface area contributed by atoms with Gasteiger partial charge in [0, 0.05) is 17.1 Å². The average Bonchev–Trinajstić information content (AvgIpc) is 3.46. The van der Waals surface area contributed by atoms with Gasteiger partial charge in [-0.25, -0.2) is 13.8 Å². The number of nitrogens with two attached hydrogens (primary N) is 1. The Morgan fingerprint density at radius 1 is 1.39 bits per heavy atom. The minimum absolute atomic E-state index is 0.0103. The summed E-state index contributed by atoms with van der Waals surface area (Å²) in [5, 5.41) is 7.08. The maximum atomic E-state index is 13.4. The fourth-order valence-corrected chi connectivity index (χ4v) is 4.34. The third-order valence-corrected chi connectivity index (χ3v) is 6.02. The van der Waals surface area contributed by atoms with Crippen molar-refractivity contribution in [2.24, 2.45) is 5.73 Å². The summed E-state index contributed by atoms with van der Waals surface area (Å²) in [5.74, 6) is -1.03. The molecule has 0 aliphatic carbocycles. The number of alkyl halides is 2. The van der Waals surface area contributed by atoms with E-state index in [0.29, 0.717) is 9.86 Å². The van der Waals surface area contributed by atoms with E-state index in [-0.39, 0.29) is 26.7 Å². The number of furan rings is 1. The fourth-order valence-electron chi connectivity index (χ4n) is 3.02. The van der Waals surface area contributed by atoms with Crippen molar-refractivity contribution in [1.29, 1.82) is 0 Å². The molecule has 3 N–H and O–H groups in total. The first-order chi connectivity index (χ1) is 14.8. The maximum Gasteiger partial charge on any atom is 0.280 e. The van der Waals surface area contributed by atoms with Crippen LogP contribution in [-0.4, -0.2) is 26.6 Å². The first-order valence-corrected chi connectivity index (χ1v) is 10.5. The van der Waals surface area contributed by atoms with Crippen molar-refractivity contribution >= 4 is 55.0 Å². The number of primary amides is 1. The lowest BCUT2D eigenvalue weighted by molar-refractivity contribution is -0.119. The van der Waals surface area contributed by atoms with Crippen LogP contribution in [0.5, 0.6) is 0 Å². The molecule has 1 atom stereocenters. The minimum atomic E-state index is -2.84. The molecule has 0 aromatic carbocycles. The van der Waals surface area contributed by atoms with Gasteiger partial charge < -0.3 is 15.5 Å². The Labute approximate surface area is 186 Å². The molecule has 0 bridgehead atoms. The Kier molecular flexibility index (Phi) is 5.58. The molecule has 4 rings (SSSR count). The fraction of sp³-hybridized carbons (Fsp3) is 0.158. The van der Waals surface area contributed by atoms with Crippen molar-refractivity contribution in [3.8, 4) is 11.3 Å². The number of carbonyl (C=O) groups excluding carboxylic acids is 2. The molecule has 0 saturated heterocycles. The number of nitrogens with one attached hydrogen (secondary N) is 1. The molecular formula is C19H14BrF2N5O3S. The number of carbonyl (C=O) groups is 2. The first kappa shape index (κ1) is 21.1. The molecular weight excluding hydrogens is 496 g/mol. The van der Waals surface area contributed by atoms with Crippen LogP contribution in [0.2, 0.25) is 0 Å². The maximum absolute atomic E-state index is 13.4. The molecule has 4 aromatic heterocycles. The zero-order chi connectivity index (χ0) is 22.3. The van der Waals surface area contributed by atoms with E-state index in [2.05, 4.69) is 31.3 Å². The molecule has 2 amide bonds. The molecule has 0 saturated carbocycles. The van der Waals surface area contributed by atoms with Gasteiger partial charge in [-0.3, -0.25) is 14.3 Å². The Balaban J connectivity index is 1.88. The normalized spacial score (nSPS) is 12.4. The highest BCUT2D eigenvalue weighted by Gasteiger charge is 2.27. The van der Waals surface area contributed by atoms with Crippen LogP contribution in [0, 0.1) is 0 Å². The SMILES string of the molecule is CC(C(=O)Nc1c(C(N)=O)sc2nc(C(F)F)cc(-c3ccco3)c12)n1cc(Br)cn1. The molecule has 12 heteroatoms. The van der Waals surface area contributed by atoms with Gasteiger partial charge in [0.25, 0.3) is 12.3 Å². The van der Waals surface area contributed by atoms with Gasteiger partial charge in [-0.15, -0.1) is 11.3 Å². The topological polar surface area (TPSA) is 116 Å². The molecule has 31 heavy (non-hydrogen) atoms. The molecule has 4 aromatic rings. The molecule has 1 unspecified atom stereocenters. The van der Waals surface area contributed by atoms with E-state index in [1.54, 1.807) is 25.3 Å². The average molecular weight is 510 g/mol. The lowest BCUT2D eigenvalue weighted by Gasteiger charge is -2.14. The van der Waals surface area contributed by atoms with Gasteiger partial charge in [0.05, 0.1) is 22.6 Å². The van der Waals surface area contributed by atoms with Crippen molar-refractivity contribution in [3.05, 3.63) is 51.9 Å². The lowest BCUT2D eigenvalue weighted by Crippen LogP contribution is -2.25. The number of hydrogen-bond donors (Lipinski definition) is 2. The van der Waals surface area contributed by atoms with E-state index >= 15 is 0 Å². The van der Waals surface area contributed by atoms with E-state index in [9.17, 15) is 18.4 Å². The number of rotatable bonds is 6. The summed E-state index contributed by atoms with van der Waals surface area (Å²) >= 11 is 4.09. The van der Waals surface area contributed by atoms with Crippen molar-refractivity contribution in [1.82, 2.24) is 14.8 Å². The Hall–Kier alpha value is -3.12. The van der Waals surface area contributed by atoms with Crippen LogP contribution in [0.1, 0.15) is 34.8 Å². The van der Waals surface area contributed by atoms with Crippen molar-refractivity contribution in [3.63, 3.8) is 0 Å². The van der Waals surface area contributed by atoms with Crippen LogP contribution < -0.4 is 11.1 Å². The zero-order valence-corrected chi connectivity index (χ0v) is 18.2. The molecule has 8 nitrogen and oxygen atoms in total. The van der Waals surface area contributed by atoms with Crippen LogP contribution in [0.4, 0.5) is 14.5 Å². The molecule has 0 aliphatic heterocycles. The van der Waals surface area contributed by atoms with Crippen LogP contribution >= 0.6 is 27.3 Å². The number of halogens is 3. The highest BCUT2D eigenvalue weighted by Crippen LogP contribution is 2.42. The minimum Gasteiger partial charge on any atom is -0.464 e. The Bertz CT molecular complexity index is 1290. The first-order valence-electron chi connectivity index (χ1n) is 8.86. The number of anilines is 1. The van der Waals surface area contributed by atoms with E-state index in [4.69, 9.17) is 10.2 Å². The summed E-state index contributed by atoms with van der Waals surface area (Å²) in [6.45, 7) is 1.62. The summed E-state index contributed by atoms with van der Waals surface area (Å²) in [6, 6.07) is 3.62. The molecule has 0 spiro atoms. The second kappa shape index (κ2) is 8.19. The number of fused-ring (bicyclic) bond motifs is 1. The third-order valence-electron chi connectivity index (χ3n) is 4.51. The van der Waals surface area contributed by atoms with Crippen molar-refractivity contribution < 1.29 is 22.8 Å². The number of pyridine rings is 1. The number of amides is 2. The summed E-state index contributed by atoms with van der Waals surface area (Å²) in [4.78, 5) is 29.1. The van der Waals surface area contributed by atoms with E-state index in [0.717, 1.165) is 11.3 Å². The number of aromatic nitrogens is 3. The molecule has 4 heterocycles. The smallest absolute Gasteiger partial charge is 0.280 e. The molecule has 160 valence electrons. The van der Waals surface area contributed by atoms with Crippen LogP contribution in [0.25, 0.3) is 21.5 Å². The zero-order valence-electron chi connectivity index (χ0n) is 15.8. The summed E-state index contributed by atoms with van der Waals surface area (Å²) in [5.41, 5.74) is 5.38. The summed E-state index contributed by atoms with van der Waals surface area (Å²) < 4.78 is 34.4. The highest BCUT2D eigenvalue weighted by atomic mass is 79.9. The molecule has 0 aliphatic rings. The van der Waals surface area contributed by atoms with Gasteiger partial charge >= 0.3 is 0 Å². The highest BCUT2D eigenvalue weighted by molar-refractivity contribution is 9.10. The molecule has 0 radical (unpaired) electrons. The van der Waals surface area contributed by atoms with Crippen LogP contribution in [0.3, 0.4) is 0 Å². The quantitative estimate of drug-likeness (QED) is 0.389. The Morgan fingerprint density at radius 3 is 2.74 bits per heavy atom. The second-order valence-corrected chi connectivity index (χ2v) is 8.44. The van der Waals surface area contributed by atoms with Crippen molar-refractivity contribution in [2.45, 2.75) is 19.4 Å². The number of thiophene rings is 1. The third kappa shape index (κ3) is 3.95. The van der Waals surface area contributed by atoms with Gasteiger partial charge in [-0.2, -0.15) is 5.10 Å². The van der Waals surface area contributed by atoms with E-state index in [1.807, 2.05) is 0 Å². The van der Waals surface area contributed by atoms with Gasteiger partial charge in [0.15, 0.2) is 0 Å². The molecule has 0 fully saturated rings. The summed E-state index contributed by atoms with van der Waals surface area (Å²) in [7, 11) is 0. The largest absolute Gasteiger partial charge is 0.464 e. The van der Waals surface area contributed by atoms with Crippen LogP contribution in [-0.2, 0) is 4.79 Å². The second-order valence-electron chi connectivity index (χ2n) is 6.53. The van der Waals surface area contributed by atoms with E-state index < -0.39 is 30.0 Å². The number of hydrogen-bond acceptors (Lipinski definition) is 6. The van der Waals surface area contributed by atoms with Crippen molar-refractivity contribution in [2.75, 3.05) is 5.32 Å². The standard InChI is InChI=1S/C19H14BrF2N5O3S/c1-8(27-7-9(20)6-24-27)18(29)26-14-13-10(12-3-2-4-30-12)5-11(16(21)22)25-19(13)31-15(14)17(23)28/h2-8,16H,1H3,(H2,23,28)(H,26,29). The van der Waals surface area contributed by atoms with Gasteiger partial charge in [0.2, 0.25) is 5.91 Å². The Morgan fingerprint density at radius 2 is 2.16 bits per heavy atom. The van der Waals surface area contributed by atoms with Gasteiger partial charge in [-0.05, 0) is 41.1 Å². The van der Waals surface area contributed by atoms with Crippen LogP contribution in [0.15, 0.2) is 45.7 Å². The summed E-state index contributed by atoms with van der Waals surface area (Å²) in [6.07, 6.45) is 1.70. The predicted octanol–water partition coefficient (Wildman–Crippen LogP) is 4.75. The monoisotopic (exact) mass is 509 g/mol.